The van der Waals surface area contributed by atoms with E-state index in [1.807, 2.05) is 36.4 Å². The van der Waals surface area contributed by atoms with E-state index in [0.29, 0.717) is 13.1 Å². The van der Waals surface area contributed by atoms with Gasteiger partial charge in [-0.25, -0.2) is 0 Å². The van der Waals surface area contributed by atoms with Crippen LogP contribution in [0.4, 0.5) is 0 Å². The van der Waals surface area contributed by atoms with Crippen LogP contribution in [0.3, 0.4) is 0 Å². The number of carbonyl (C=O) groups is 1. The van der Waals surface area contributed by atoms with Gasteiger partial charge >= 0.3 is 0 Å². The number of nitrogens with one attached hydrogen (secondary N) is 1. The lowest BCUT2D eigenvalue weighted by Gasteiger charge is -2.33. The molecule has 1 aromatic rings. The number of nitrogens with zero attached hydrogens (tertiary/aromatic N) is 1. The number of hydrogen-bond donors (Lipinski definition) is 3. The largest absolute Gasteiger partial charge is 0.396 e. The van der Waals surface area contributed by atoms with Crippen molar-refractivity contribution in [3.05, 3.63) is 22.4 Å². The average molecular weight is 300 g/mol. The van der Waals surface area contributed by atoms with Gasteiger partial charge in [-0.2, -0.15) is 0 Å². The highest BCUT2D eigenvalue weighted by atomic mass is 32.1. The van der Waals surface area contributed by atoms with Crippen molar-refractivity contribution in [2.45, 2.75) is 26.4 Å². The van der Waals surface area contributed by atoms with Crippen LogP contribution in [-0.4, -0.2) is 53.9 Å². The van der Waals surface area contributed by atoms with E-state index in [1.54, 1.807) is 18.3 Å². The smallest absolute Gasteiger partial charge is 0.237 e. The first-order valence-corrected chi connectivity index (χ1v) is 7.52. The lowest BCUT2D eigenvalue weighted by molar-refractivity contribution is -0.126. The quantitative estimate of drug-likeness (QED) is 0.660. The summed E-state index contributed by atoms with van der Waals surface area (Å²) in [7, 11) is 1.82. The molecular formula is C14H24N2O3S. The van der Waals surface area contributed by atoms with Crippen molar-refractivity contribution in [3.8, 4) is 0 Å². The summed E-state index contributed by atoms with van der Waals surface area (Å²) in [5.74, 6) is -0.0564. The monoisotopic (exact) mass is 300 g/mol. The van der Waals surface area contributed by atoms with Gasteiger partial charge in [0.25, 0.3) is 0 Å². The topological polar surface area (TPSA) is 72.8 Å². The molecule has 1 unspecified atom stereocenters. The molecule has 1 aromatic heterocycles. The number of likely N-dealkylation sites (N-methyl/N-ethyl adjacent to an activating group) is 1. The van der Waals surface area contributed by atoms with Gasteiger partial charge in [-0.3, -0.25) is 9.69 Å². The highest BCUT2D eigenvalue weighted by Gasteiger charge is 2.28. The van der Waals surface area contributed by atoms with Gasteiger partial charge in [0.2, 0.25) is 5.91 Å². The van der Waals surface area contributed by atoms with E-state index in [1.165, 1.54) is 0 Å². The van der Waals surface area contributed by atoms with Gasteiger partial charge in [0.15, 0.2) is 0 Å². The third kappa shape index (κ3) is 4.86. The maximum Gasteiger partial charge on any atom is 0.237 e. The SMILES string of the molecule is CC(C(=O)NCc1cccs1)N(C)CC(C)(CO)CO. The fraction of sp³-hybridized carbons (Fsp3) is 0.643. The molecule has 114 valence electrons. The van der Waals surface area contributed by atoms with E-state index >= 15 is 0 Å². The molecule has 1 atom stereocenters. The van der Waals surface area contributed by atoms with Crippen LogP contribution in [0.15, 0.2) is 17.5 Å². The Hall–Kier alpha value is -0.950. The molecule has 5 nitrogen and oxygen atoms in total. The molecule has 20 heavy (non-hydrogen) atoms. The minimum Gasteiger partial charge on any atom is -0.396 e. The summed E-state index contributed by atoms with van der Waals surface area (Å²) in [5, 5.41) is 23.5. The van der Waals surface area contributed by atoms with Gasteiger partial charge in [-0.05, 0) is 25.4 Å². The van der Waals surface area contributed by atoms with E-state index in [4.69, 9.17) is 0 Å². The Morgan fingerprint density at radius 1 is 1.50 bits per heavy atom. The maximum atomic E-state index is 12.1. The van der Waals surface area contributed by atoms with Crippen LogP contribution in [0.5, 0.6) is 0 Å². The number of hydrogen-bond acceptors (Lipinski definition) is 5. The molecule has 1 amide bonds. The molecule has 0 aliphatic carbocycles. The number of amides is 1. The summed E-state index contributed by atoms with van der Waals surface area (Å²) < 4.78 is 0. The van der Waals surface area contributed by atoms with Crippen molar-refractivity contribution < 1.29 is 15.0 Å². The number of aliphatic hydroxyl groups is 2. The van der Waals surface area contributed by atoms with Gasteiger partial charge < -0.3 is 15.5 Å². The Bertz CT molecular complexity index is 405. The normalized spacial score (nSPS) is 13.5. The number of aliphatic hydroxyl groups excluding tert-OH is 2. The molecule has 0 aliphatic rings. The Morgan fingerprint density at radius 3 is 2.65 bits per heavy atom. The van der Waals surface area contributed by atoms with Crippen LogP contribution >= 0.6 is 11.3 Å². The van der Waals surface area contributed by atoms with E-state index in [0.717, 1.165) is 4.88 Å². The number of thiophene rings is 1. The molecule has 0 radical (unpaired) electrons. The number of carbonyl (C=O) groups excluding carboxylic acids is 1. The first kappa shape index (κ1) is 17.1. The molecule has 1 heterocycles. The third-order valence-corrected chi connectivity index (χ3v) is 4.33. The Morgan fingerprint density at radius 2 is 2.15 bits per heavy atom. The number of rotatable bonds is 8. The lowest BCUT2D eigenvalue weighted by atomic mass is 9.92. The molecule has 0 aliphatic heterocycles. The minimum atomic E-state index is -0.600. The van der Waals surface area contributed by atoms with Crippen LogP contribution in [-0.2, 0) is 11.3 Å². The summed E-state index contributed by atoms with van der Waals surface area (Å²) in [5.41, 5.74) is -0.600. The van der Waals surface area contributed by atoms with E-state index < -0.39 is 5.41 Å². The second kappa shape index (κ2) is 7.73. The molecule has 3 N–H and O–H groups in total. The molecule has 0 bridgehead atoms. The maximum absolute atomic E-state index is 12.1. The molecular weight excluding hydrogens is 276 g/mol. The summed E-state index contributed by atoms with van der Waals surface area (Å²) >= 11 is 1.61. The van der Waals surface area contributed by atoms with E-state index in [2.05, 4.69) is 5.32 Å². The van der Waals surface area contributed by atoms with Crippen LogP contribution in [0, 0.1) is 5.41 Å². The fourth-order valence-corrected chi connectivity index (χ4v) is 2.47. The molecule has 0 fully saturated rings. The lowest BCUT2D eigenvalue weighted by Crippen LogP contribution is -2.48. The molecule has 1 rings (SSSR count). The third-order valence-electron chi connectivity index (χ3n) is 3.45. The zero-order chi connectivity index (χ0) is 15.2. The average Bonchev–Trinajstić information content (AvgIpc) is 2.96. The van der Waals surface area contributed by atoms with Gasteiger partial charge in [0, 0.05) is 16.8 Å². The Labute approximate surface area is 124 Å². The van der Waals surface area contributed by atoms with Gasteiger partial charge in [-0.1, -0.05) is 13.0 Å². The van der Waals surface area contributed by atoms with Crippen molar-refractivity contribution in [1.29, 1.82) is 0 Å². The van der Waals surface area contributed by atoms with Crippen molar-refractivity contribution in [2.75, 3.05) is 26.8 Å². The van der Waals surface area contributed by atoms with Crippen LogP contribution < -0.4 is 5.32 Å². The molecule has 0 saturated carbocycles. The van der Waals surface area contributed by atoms with Crippen molar-refractivity contribution >= 4 is 17.2 Å². The first-order valence-electron chi connectivity index (χ1n) is 6.64. The zero-order valence-electron chi connectivity index (χ0n) is 12.3. The van der Waals surface area contributed by atoms with Crippen molar-refractivity contribution in [2.24, 2.45) is 5.41 Å². The van der Waals surface area contributed by atoms with Crippen molar-refractivity contribution in [1.82, 2.24) is 10.2 Å². The summed E-state index contributed by atoms with van der Waals surface area (Å²) in [6.45, 7) is 4.37. The second-order valence-corrected chi connectivity index (χ2v) is 6.55. The van der Waals surface area contributed by atoms with Gasteiger partial charge in [-0.15, -0.1) is 11.3 Å². The highest BCUT2D eigenvalue weighted by molar-refractivity contribution is 7.09. The highest BCUT2D eigenvalue weighted by Crippen LogP contribution is 2.17. The standard InChI is InChI=1S/C14H24N2O3S/c1-11(16(3)8-14(2,9-17)10-18)13(19)15-7-12-5-4-6-20-12/h4-6,11,17-18H,7-10H2,1-3H3,(H,15,19). The van der Waals surface area contributed by atoms with Crippen LogP contribution in [0.25, 0.3) is 0 Å². The minimum absolute atomic E-state index is 0.0564. The predicted molar refractivity (Wildman–Crippen MR) is 80.5 cm³/mol. The molecule has 0 spiro atoms. The zero-order valence-corrected chi connectivity index (χ0v) is 13.1. The molecule has 6 heteroatoms. The summed E-state index contributed by atoms with van der Waals surface area (Å²) in [4.78, 5) is 15.0. The predicted octanol–water partition coefficient (Wildman–Crippen LogP) is 0.675. The summed E-state index contributed by atoms with van der Waals surface area (Å²) in [6.07, 6.45) is 0. The van der Waals surface area contributed by atoms with Gasteiger partial charge in [0.1, 0.15) is 0 Å². The van der Waals surface area contributed by atoms with Crippen LogP contribution in [0.1, 0.15) is 18.7 Å². The Kier molecular flexibility index (Phi) is 6.61. The second-order valence-electron chi connectivity index (χ2n) is 5.52. The summed E-state index contributed by atoms with van der Waals surface area (Å²) in [6, 6.07) is 3.62. The van der Waals surface area contributed by atoms with Crippen LogP contribution in [0.2, 0.25) is 0 Å². The molecule has 0 saturated heterocycles. The van der Waals surface area contributed by atoms with Gasteiger partial charge in [0.05, 0.1) is 25.8 Å². The van der Waals surface area contributed by atoms with E-state index in [-0.39, 0.29) is 25.2 Å². The van der Waals surface area contributed by atoms with Crippen molar-refractivity contribution in [3.63, 3.8) is 0 Å². The Balaban J connectivity index is 2.46. The molecule has 0 aromatic carbocycles. The first-order chi connectivity index (χ1) is 9.41. The fourth-order valence-electron chi connectivity index (χ4n) is 1.82. The van der Waals surface area contributed by atoms with E-state index in [9.17, 15) is 15.0 Å².